The third-order valence-corrected chi connectivity index (χ3v) is 6.89. The zero-order chi connectivity index (χ0) is 22.6. The van der Waals surface area contributed by atoms with Gasteiger partial charge in [-0.1, -0.05) is 17.8 Å². The number of aromatic nitrogens is 2. The Morgan fingerprint density at radius 2 is 2.12 bits per heavy atom. The summed E-state index contributed by atoms with van der Waals surface area (Å²) in [6, 6.07) is 11.7. The summed E-state index contributed by atoms with van der Waals surface area (Å²) in [5.74, 6) is 1.06. The van der Waals surface area contributed by atoms with Crippen LogP contribution in [0.5, 0.6) is 5.75 Å². The second kappa shape index (κ2) is 9.61. The zero-order valence-electron chi connectivity index (χ0n) is 17.4. The molecule has 0 bridgehead atoms. The minimum Gasteiger partial charge on any atom is -0.494 e. The third-order valence-electron chi connectivity index (χ3n) is 4.64. The van der Waals surface area contributed by atoms with Gasteiger partial charge in [0.1, 0.15) is 11.6 Å². The first-order valence-corrected chi connectivity index (χ1v) is 12.6. The van der Waals surface area contributed by atoms with Gasteiger partial charge in [-0.2, -0.15) is 0 Å². The lowest BCUT2D eigenvalue weighted by Crippen LogP contribution is -2.29. The highest BCUT2D eigenvalue weighted by molar-refractivity contribution is 7.99. The summed E-state index contributed by atoms with van der Waals surface area (Å²) < 4.78 is 33.1. The van der Waals surface area contributed by atoms with Gasteiger partial charge in [0.15, 0.2) is 5.16 Å². The Morgan fingerprint density at radius 1 is 1.25 bits per heavy atom. The number of nitrogens with zero attached hydrogens (tertiary/aromatic N) is 2. The molecule has 168 valence electrons. The number of imidazole rings is 1. The second-order valence-electron chi connectivity index (χ2n) is 7.06. The van der Waals surface area contributed by atoms with Crippen LogP contribution in [0.15, 0.2) is 57.5 Å². The van der Waals surface area contributed by atoms with Crippen LogP contribution >= 0.6 is 11.8 Å². The van der Waals surface area contributed by atoms with Crippen molar-refractivity contribution in [2.24, 2.45) is 4.99 Å². The number of amidine groups is 1. The fourth-order valence-electron chi connectivity index (χ4n) is 3.20. The SMILES string of the molecule is CCOc1ccc2nc(SCC(=O)Nc3cccc(S(=O)(=O)NC4=NCCC4)c3)[nH]c2c1. The van der Waals surface area contributed by atoms with Gasteiger partial charge in [-0.05, 0) is 43.7 Å². The summed E-state index contributed by atoms with van der Waals surface area (Å²) in [5.41, 5.74) is 2.02. The number of benzene rings is 2. The van der Waals surface area contributed by atoms with Gasteiger partial charge in [-0.25, -0.2) is 13.4 Å². The monoisotopic (exact) mass is 473 g/mol. The summed E-state index contributed by atoms with van der Waals surface area (Å²) in [6.07, 6.45) is 1.45. The van der Waals surface area contributed by atoms with Gasteiger partial charge in [-0.3, -0.25) is 14.5 Å². The fourth-order valence-corrected chi connectivity index (χ4v) is 5.02. The van der Waals surface area contributed by atoms with Crippen LogP contribution < -0.4 is 14.8 Å². The van der Waals surface area contributed by atoms with E-state index >= 15 is 0 Å². The molecule has 4 rings (SSSR count). The van der Waals surface area contributed by atoms with E-state index in [1.54, 1.807) is 12.1 Å². The van der Waals surface area contributed by atoms with E-state index in [4.69, 9.17) is 4.74 Å². The molecule has 0 atom stereocenters. The minimum absolute atomic E-state index is 0.0694. The summed E-state index contributed by atoms with van der Waals surface area (Å²) in [7, 11) is -3.74. The van der Waals surface area contributed by atoms with E-state index in [-0.39, 0.29) is 16.6 Å². The molecule has 0 saturated carbocycles. The average Bonchev–Trinajstić information content (AvgIpc) is 3.41. The first-order valence-electron chi connectivity index (χ1n) is 10.1. The van der Waals surface area contributed by atoms with Crippen molar-refractivity contribution in [3.8, 4) is 5.75 Å². The number of thioether (sulfide) groups is 1. The Hall–Kier alpha value is -3.05. The molecule has 0 spiro atoms. The molecule has 0 unspecified atom stereocenters. The van der Waals surface area contributed by atoms with Crippen molar-refractivity contribution in [2.75, 3.05) is 24.2 Å². The molecule has 0 aliphatic carbocycles. The number of hydrogen-bond acceptors (Lipinski definition) is 7. The number of rotatable bonds is 8. The molecule has 3 N–H and O–H groups in total. The largest absolute Gasteiger partial charge is 0.494 e. The Labute approximate surface area is 190 Å². The predicted molar refractivity (Wildman–Crippen MR) is 125 cm³/mol. The number of fused-ring (bicyclic) bond motifs is 1. The van der Waals surface area contributed by atoms with E-state index in [1.807, 2.05) is 25.1 Å². The quantitative estimate of drug-likeness (QED) is 0.432. The van der Waals surface area contributed by atoms with Crippen molar-refractivity contribution in [2.45, 2.75) is 29.8 Å². The van der Waals surface area contributed by atoms with Crippen LogP contribution in [-0.4, -0.2) is 49.0 Å². The standard InChI is InChI=1S/C21H23N5O4S2/c1-2-30-15-8-9-17-18(12-15)25-21(24-17)31-13-20(27)23-14-5-3-6-16(11-14)32(28,29)26-19-7-4-10-22-19/h3,5-6,8-9,11-12H,2,4,7,10,13H2,1H3,(H,22,26)(H,23,27)(H,24,25). The zero-order valence-corrected chi connectivity index (χ0v) is 19.1. The van der Waals surface area contributed by atoms with Crippen molar-refractivity contribution in [1.82, 2.24) is 14.7 Å². The number of carbonyl (C=O) groups is 1. The van der Waals surface area contributed by atoms with Crippen LogP contribution in [0.4, 0.5) is 5.69 Å². The lowest BCUT2D eigenvalue weighted by Gasteiger charge is -2.10. The van der Waals surface area contributed by atoms with Gasteiger partial charge < -0.3 is 15.0 Å². The van der Waals surface area contributed by atoms with Gasteiger partial charge in [-0.15, -0.1) is 0 Å². The molecule has 1 aliphatic rings. The number of H-pyrrole nitrogens is 1. The number of carbonyl (C=O) groups excluding carboxylic acids is 1. The molecule has 1 aliphatic heterocycles. The van der Waals surface area contributed by atoms with Crippen LogP contribution in [0.3, 0.4) is 0 Å². The summed E-state index contributed by atoms with van der Waals surface area (Å²) in [5, 5.41) is 3.35. The molecule has 0 fully saturated rings. The van der Waals surface area contributed by atoms with E-state index in [9.17, 15) is 13.2 Å². The smallest absolute Gasteiger partial charge is 0.262 e. The van der Waals surface area contributed by atoms with E-state index in [2.05, 4.69) is 25.0 Å². The normalized spacial score (nSPS) is 13.7. The van der Waals surface area contributed by atoms with Gasteiger partial charge >= 0.3 is 0 Å². The van der Waals surface area contributed by atoms with Gasteiger partial charge in [0.2, 0.25) is 5.91 Å². The Kier molecular flexibility index (Phi) is 6.66. The van der Waals surface area contributed by atoms with Crippen molar-refractivity contribution >= 4 is 50.2 Å². The van der Waals surface area contributed by atoms with Crippen LogP contribution in [-0.2, 0) is 14.8 Å². The van der Waals surface area contributed by atoms with Gasteiger partial charge in [0.05, 0.1) is 28.3 Å². The molecule has 9 nitrogen and oxygen atoms in total. The Bertz CT molecular complexity index is 1270. The topological polar surface area (TPSA) is 126 Å². The highest BCUT2D eigenvalue weighted by atomic mass is 32.2. The molecule has 0 saturated heterocycles. The van der Waals surface area contributed by atoms with Gasteiger partial charge in [0.25, 0.3) is 10.0 Å². The maximum absolute atomic E-state index is 12.6. The molecule has 2 heterocycles. The lowest BCUT2D eigenvalue weighted by molar-refractivity contribution is -0.113. The van der Waals surface area contributed by atoms with E-state index < -0.39 is 10.0 Å². The number of aliphatic imine (C=N–C) groups is 1. The van der Waals surface area contributed by atoms with Crippen molar-refractivity contribution < 1.29 is 17.9 Å². The summed E-state index contributed by atoms with van der Waals surface area (Å²) in [6.45, 7) is 3.13. The van der Waals surface area contributed by atoms with Crippen molar-refractivity contribution in [3.05, 3.63) is 42.5 Å². The number of amides is 1. The fraction of sp³-hybridized carbons (Fsp3) is 0.286. The van der Waals surface area contributed by atoms with Crippen LogP contribution in [0.25, 0.3) is 11.0 Å². The van der Waals surface area contributed by atoms with Gasteiger partial charge in [0, 0.05) is 24.7 Å². The highest BCUT2D eigenvalue weighted by Gasteiger charge is 2.19. The van der Waals surface area contributed by atoms with E-state index in [1.165, 1.54) is 23.9 Å². The summed E-state index contributed by atoms with van der Waals surface area (Å²) in [4.78, 5) is 24.2. The highest BCUT2D eigenvalue weighted by Crippen LogP contribution is 2.24. The van der Waals surface area contributed by atoms with Crippen LogP contribution in [0.1, 0.15) is 19.8 Å². The average molecular weight is 474 g/mol. The maximum atomic E-state index is 12.6. The maximum Gasteiger partial charge on any atom is 0.262 e. The summed E-state index contributed by atoms with van der Waals surface area (Å²) >= 11 is 1.26. The Balaban J connectivity index is 1.37. The second-order valence-corrected chi connectivity index (χ2v) is 9.70. The molecule has 1 aromatic heterocycles. The minimum atomic E-state index is -3.74. The molecule has 0 radical (unpaired) electrons. The number of aromatic amines is 1. The predicted octanol–water partition coefficient (Wildman–Crippen LogP) is 3.16. The number of hydrogen-bond donors (Lipinski definition) is 3. The number of nitrogens with one attached hydrogen (secondary N) is 3. The first kappa shape index (κ1) is 22.2. The van der Waals surface area contributed by atoms with Crippen LogP contribution in [0, 0.1) is 0 Å². The first-order chi connectivity index (χ1) is 15.4. The molecule has 2 aromatic carbocycles. The Morgan fingerprint density at radius 3 is 2.91 bits per heavy atom. The molecule has 1 amide bonds. The van der Waals surface area contributed by atoms with Crippen molar-refractivity contribution in [3.63, 3.8) is 0 Å². The number of sulfonamides is 1. The van der Waals surface area contributed by atoms with E-state index in [0.29, 0.717) is 36.3 Å². The molecular formula is C21H23N5O4S2. The van der Waals surface area contributed by atoms with Crippen LogP contribution in [0.2, 0.25) is 0 Å². The third kappa shape index (κ3) is 5.40. The molecule has 11 heteroatoms. The molecular weight excluding hydrogens is 450 g/mol. The lowest BCUT2D eigenvalue weighted by atomic mass is 10.3. The number of anilines is 1. The van der Waals surface area contributed by atoms with E-state index in [0.717, 1.165) is 23.2 Å². The van der Waals surface area contributed by atoms with Crippen molar-refractivity contribution in [1.29, 1.82) is 0 Å². The molecule has 32 heavy (non-hydrogen) atoms. The molecule has 3 aromatic rings. The number of ether oxygens (including phenoxy) is 1.